The summed E-state index contributed by atoms with van der Waals surface area (Å²) in [5.74, 6) is -0.317. The molecule has 28 heavy (non-hydrogen) atoms. The Kier molecular flexibility index (Phi) is 4.35. The fourth-order valence-electron chi connectivity index (χ4n) is 3.75. The lowest BCUT2D eigenvalue weighted by Gasteiger charge is -2.24. The molecule has 4 rings (SSSR count). The van der Waals surface area contributed by atoms with E-state index in [1.54, 1.807) is 31.3 Å². The fourth-order valence-corrected chi connectivity index (χ4v) is 6.77. The minimum Gasteiger partial charge on any atom is -0.346 e. The zero-order chi connectivity index (χ0) is 20.3. The number of aryl methyl sites for hydroxylation is 3. The van der Waals surface area contributed by atoms with Crippen LogP contribution in [0.25, 0.3) is 22.4 Å². The molecule has 0 aliphatic carbocycles. The van der Waals surface area contributed by atoms with Crippen molar-refractivity contribution in [2.45, 2.75) is 39.7 Å². The van der Waals surface area contributed by atoms with E-state index in [9.17, 15) is 13.2 Å². The summed E-state index contributed by atoms with van der Waals surface area (Å²) < 4.78 is 29.1. The molecule has 1 aliphatic heterocycles. The van der Waals surface area contributed by atoms with Crippen molar-refractivity contribution >= 4 is 38.2 Å². The van der Waals surface area contributed by atoms with E-state index < -0.39 is 15.4 Å². The minimum absolute atomic E-state index is 0.0573. The summed E-state index contributed by atoms with van der Waals surface area (Å²) in [6.45, 7) is 7.55. The molecule has 3 aromatic rings. The highest BCUT2D eigenvalue weighted by Crippen LogP contribution is 2.33. The van der Waals surface area contributed by atoms with E-state index in [0.29, 0.717) is 34.5 Å². The average molecular weight is 420 g/mol. The third kappa shape index (κ3) is 3.33. The SMILES string of the molecule is Cc1cc(-c2cc(C(=O)NC3(C)CCS(=O)(=O)C3)c3c(C)noc3n2)c(C)s1. The molecule has 1 unspecified atom stereocenters. The van der Waals surface area contributed by atoms with Gasteiger partial charge < -0.3 is 9.84 Å². The summed E-state index contributed by atoms with van der Waals surface area (Å²) in [5, 5.41) is 7.44. The van der Waals surface area contributed by atoms with Gasteiger partial charge in [0.05, 0.1) is 39.4 Å². The zero-order valence-electron chi connectivity index (χ0n) is 16.1. The third-order valence-corrected chi connectivity index (χ3v) is 7.97. The standard InChI is InChI=1S/C19H21N3O4S2/c1-10-7-13(12(3)27-10)15-8-14(16-11(2)22-26-18(16)20-15)17(23)21-19(4)5-6-28(24,25)9-19/h7-8H,5-6,9H2,1-4H3,(H,21,23). The maximum atomic E-state index is 13.2. The van der Waals surface area contributed by atoms with Gasteiger partial charge in [-0.2, -0.15) is 0 Å². The van der Waals surface area contributed by atoms with Gasteiger partial charge in [0.1, 0.15) is 0 Å². The first-order chi connectivity index (χ1) is 13.1. The molecule has 1 amide bonds. The van der Waals surface area contributed by atoms with Crippen molar-refractivity contribution in [3.63, 3.8) is 0 Å². The van der Waals surface area contributed by atoms with Crippen LogP contribution in [0.5, 0.6) is 0 Å². The van der Waals surface area contributed by atoms with Gasteiger partial charge in [-0.15, -0.1) is 11.3 Å². The fraction of sp³-hybridized carbons (Fsp3) is 0.421. The molecule has 0 radical (unpaired) electrons. The van der Waals surface area contributed by atoms with Gasteiger partial charge in [0.25, 0.3) is 11.6 Å². The largest absolute Gasteiger partial charge is 0.346 e. The summed E-state index contributed by atoms with van der Waals surface area (Å²) in [6.07, 6.45) is 0.396. The number of carbonyl (C=O) groups is 1. The van der Waals surface area contributed by atoms with Crippen LogP contribution >= 0.6 is 11.3 Å². The quantitative estimate of drug-likeness (QED) is 0.699. The first kappa shape index (κ1) is 19.1. The molecule has 0 bridgehead atoms. The number of rotatable bonds is 3. The Balaban J connectivity index is 1.80. The summed E-state index contributed by atoms with van der Waals surface area (Å²) in [6, 6.07) is 3.77. The number of hydrogen-bond donors (Lipinski definition) is 1. The second kappa shape index (κ2) is 6.38. The van der Waals surface area contributed by atoms with Gasteiger partial charge in [0, 0.05) is 15.3 Å². The number of hydrogen-bond acceptors (Lipinski definition) is 7. The Bertz CT molecular complexity index is 1210. The van der Waals surface area contributed by atoms with Crippen molar-refractivity contribution in [1.82, 2.24) is 15.5 Å². The topological polar surface area (TPSA) is 102 Å². The predicted molar refractivity (Wildman–Crippen MR) is 108 cm³/mol. The molecular formula is C19H21N3O4S2. The van der Waals surface area contributed by atoms with Crippen molar-refractivity contribution in [3.8, 4) is 11.3 Å². The lowest BCUT2D eigenvalue weighted by Crippen LogP contribution is -2.47. The Morgan fingerprint density at radius 3 is 2.64 bits per heavy atom. The molecule has 3 aromatic heterocycles. The lowest BCUT2D eigenvalue weighted by atomic mass is 10.00. The van der Waals surface area contributed by atoms with Crippen molar-refractivity contribution in [3.05, 3.63) is 33.1 Å². The Morgan fingerprint density at radius 2 is 2.04 bits per heavy atom. The predicted octanol–water partition coefficient (Wildman–Crippen LogP) is 3.18. The molecule has 0 spiro atoms. The van der Waals surface area contributed by atoms with Gasteiger partial charge in [-0.25, -0.2) is 13.4 Å². The van der Waals surface area contributed by atoms with E-state index in [4.69, 9.17) is 4.52 Å². The highest BCUT2D eigenvalue weighted by molar-refractivity contribution is 7.91. The normalized spacial score (nSPS) is 21.3. The van der Waals surface area contributed by atoms with Gasteiger partial charge in [-0.3, -0.25) is 4.79 Å². The average Bonchev–Trinajstić information content (AvgIpc) is 3.22. The van der Waals surface area contributed by atoms with Crippen molar-refractivity contribution in [1.29, 1.82) is 0 Å². The number of fused-ring (bicyclic) bond motifs is 1. The van der Waals surface area contributed by atoms with Crippen molar-refractivity contribution < 1.29 is 17.7 Å². The molecular weight excluding hydrogens is 398 g/mol. The van der Waals surface area contributed by atoms with Crippen LogP contribution in [0.3, 0.4) is 0 Å². The lowest BCUT2D eigenvalue weighted by molar-refractivity contribution is 0.0917. The van der Waals surface area contributed by atoms with E-state index in [2.05, 4.69) is 15.5 Å². The van der Waals surface area contributed by atoms with Gasteiger partial charge in [0.15, 0.2) is 9.84 Å². The van der Waals surface area contributed by atoms with Crippen LogP contribution in [0.2, 0.25) is 0 Å². The number of sulfone groups is 1. The molecule has 1 aliphatic rings. The van der Waals surface area contributed by atoms with Crippen LogP contribution in [-0.4, -0.2) is 41.5 Å². The van der Waals surface area contributed by atoms with E-state index in [-0.39, 0.29) is 17.4 Å². The second-order valence-corrected chi connectivity index (χ2v) is 11.3. The number of nitrogens with zero attached hydrogens (tertiary/aromatic N) is 2. The maximum absolute atomic E-state index is 13.2. The first-order valence-corrected chi connectivity index (χ1v) is 11.6. The number of nitrogens with one attached hydrogen (secondary N) is 1. The van der Waals surface area contributed by atoms with E-state index >= 15 is 0 Å². The third-order valence-electron chi connectivity index (χ3n) is 5.10. The van der Waals surface area contributed by atoms with Crippen molar-refractivity contribution in [2.24, 2.45) is 0 Å². The van der Waals surface area contributed by atoms with E-state index in [1.165, 1.54) is 0 Å². The van der Waals surface area contributed by atoms with E-state index in [0.717, 1.165) is 15.3 Å². The number of pyridine rings is 1. The molecule has 1 atom stereocenters. The highest BCUT2D eigenvalue weighted by atomic mass is 32.2. The van der Waals surface area contributed by atoms with Crippen LogP contribution in [-0.2, 0) is 9.84 Å². The molecule has 4 heterocycles. The minimum atomic E-state index is -3.13. The van der Waals surface area contributed by atoms with Crippen LogP contribution < -0.4 is 5.32 Å². The molecule has 1 N–H and O–H groups in total. The monoisotopic (exact) mass is 419 g/mol. The highest BCUT2D eigenvalue weighted by Gasteiger charge is 2.40. The summed E-state index contributed by atoms with van der Waals surface area (Å²) in [7, 11) is -3.13. The maximum Gasteiger partial charge on any atom is 0.259 e. The smallest absolute Gasteiger partial charge is 0.259 e. The Morgan fingerprint density at radius 1 is 1.29 bits per heavy atom. The first-order valence-electron chi connectivity index (χ1n) is 8.94. The molecule has 9 heteroatoms. The molecule has 0 aromatic carbocycles. The molecule has 148 valence electrons. The summed E-state index contributed by atoms with van der Waals surface area (Å²) in [4.78, 5) is 20.0. The molecule has 7 nitrogen and oxygen atoms in total. The van der Waals surface area contributed by atoms with Gasteiger partial charge >= 0.3 is 0 Å². The number of amides is 1. The van der Waals surface area contributed by atoms with Crippen LogP contribution in [0.15, 0.2) is 16.7 Å². The number of thiophene rings is 1. The van der Waals surface area contributed by atoms with Gasteiger partial charge in [-0.05, 0) is 46.2 Å². The number of aromatic nitrogens is 2. The molecule has 1 saturated heterocycles. The van der Waals surface area contributed by atoms with E-state index in [1.807, 2.05) is 19.9 Å². The van der Waals surface area contributed by atoms with Crippen LogP contribution in [0.1, 0.15) is 39.2 Å². The van der Waals surface area contributed by atoms with Crippen LogP contribution in [0.4, 0.5) is 0 Å². The van der Waals surface area contributed by atoms with Gasteiger partial charge in [-0.1, -0.05) is 5.16 Å². The number of carbonyl (C=O) groups excluding carboxylic acids is 1. The Hall–Kier alpha value is -2.26. The Labute approximate surface area is 167 Å². The molecule has 1 fully saturated rings. The van der Waals surface area contributed by atoms with Crippen molar-refractivity contribution in [2.75, 3.05) is 11.5 Å². The second-order valence-electron chi connectivity index (χ2n) is 7.69. The van der Waals surface area contributed by atoms with Gasteiger partial charge in [0.2, 0.25) is 0 Å². The summed E-state index contributed by atoms with van der Waals surface area (Å²) in [5.41, 5.74) is 2.06. The molecule has 0 saturated carbocycles. The summed E-state index contributed by atoms with van der Waals surface area (Å²) >= 11 is 1.66. The van der Waals surface area contributed by atoms with Crippen LogP contribution in [0, 0.1) is 20.8 Å². The zero-order valence-corrected chi connectivity index (χ0v) is 17.8.